The number of aliphatic imine (C=N–C) groups is 2. The largest absolute Gasteiger partial charge is 0.306 e. The number of anilines is 2. The van der Waals surface area contributed by atoms with E-state index < -0.39 is 0 Å². The van der Waals surface area contributed by atoms with Gasteiger partial charge in [0.2, 0.25) is 0 Å². The minimum Gasteiger partial charge on any atom is -0.306 e. The number of amides is 2. The summed E-state index contributed by atoms with van der Waals surface area (Å²) in [6.45, 7) is 8.62. The summed E-state index contributed by atoms with van der Waals surface area (Å²) in [7, 11) is 3.63. The van der Waals surface area contributed by atoms with Crippen molar-refractivity contribution in [3.63, 3.8) is 0 Å². The molecule has 2 aliphatic heterocycles. The standard InChI is InChI=1S/C46H46N8O4/c1-29-21-23-37-35(27-29)41(47-39-31(3)49(5)53(45(39)57)33-17-11-9-12-18-33)43(55)51(37)25-15-7-8-16-26-52-38-24-22-30(2)28-36(38)42(44(52)56)48-40-32(4)50(6)54(46(40)58)34-19-13-10-14-20-34/h9-14,17-24,27-28H,7-8,15-16,25-26H2,1-6H3. The molecular formula is C46H46N8O4. The van der Waals surface area contributed by atoms with E-state index in [9.17, 15) is 19.2 Å². The first kappa shape index (κ1) is 38.1. The van der Waals surface area contributed by atoms with Crippen LogP contribution in [0.1, 0.15) is 59.3 Å². The van der Waals surface area contributed by atoms with Crippen molar-refractivity contribution < 1.29 is 9.59 Å². The van der Waals surface area contributed by atoms with Gasteiger partial charge in [-0.3, -0.25) is 28.5 Å². The van der Waals surface area contributed by atoms with Gasteiger partial charge in [0.15, 0.2) is 11.4 Å². The summed E-state index contributed by atoms with van der Waals surface area (Å²) in [6.07, 6.45) is 3.16. The molecule has 0 aliphatic carbocycles. The number of unbranched alkanes of at least 4 members (excludes halogenated alkanes) is 3. The van der Waals surface area contributed by atoms with E-state index in [0.29, 0.717) is 24.5 Å². The molecule has 12 nitrogen and oxygen atoms in total. The van der Waals surface area contributed by atoms with E-state index in [2.05, 4.69) is 0 Å². The van der Waals surface area contributed by atoms with Crippen LogP contribution >= 0.6 is 0 Å². The molecule has 4 heterocycles. The van der Waals surface area contributed by atoms with Gasteiger partial charge in [0.1, 0.15) is 11.4 Å². The molecule has 12 heteroatoms. The molecule has 0 unspecified atom stereocenters. The molecule has 0 saturated heterocycles. The van der Waals surface area contributed by atoms with E-state index in [0.717, 1.165) is 70.7 Å². The number of benzene rings is 4. The SMILES string of the molecule is Cc1ccc2c(c1)C(=Nc1c(C)n(C)n(-c3ccccc3)c1=O)C(=O)N2CCCCCCN1C(=O)C(=Nc2c(C)n(C)n(-c3ccccc3)c2=O)c2cc(C)ccc21. The van der Waals surface area contributed by atoms with Crippen LogP contribution in [0.5, 0.6) is 0 Å². The predicted octanol–water partition coefficient (Wildman–Crippen LogP) is 7.09. The molecule has 2 aliphatic rings. The van der Waals surface area contributed by atoms with Crippen LogP contribution < -0.4 is 20.9 Å². The summed E-state index contributed by atoms with van der Waals surface area (Å²) < 4.78 is 6.67. The fourth-order valence-electron chi connectivity index (χ4n) is 8.00. The topological polar surface area (TPSA) is 119 Å². The van der Waals surface area contributed by atoms with Gasteiger partial charge >= 0.3 is 0 Å². The fraction of sp³-hybridized carbons (Fsp3) is 0.261. The number of fused-ring (bicyclic) bond motifs is 2. The molecular weight excluding hydrogens is 729 g/mol. The third-order valence-electron chi connectivity index (χ3n) is 11.3. The molecule has 6 aromatic rings. The first-order valence-electron chi connectivity index (χ1n) is 19.7. The van der Waals surface area contributed by atoms with Crippen LogP contribution in [-0.2, 0) is 23.7 Å². The number of aromatic nitrogens is 4. The number of aryl methyl sites for hydroxylation is 2. The highest BCUT2D eigenvalue weighted by atomic mass is 16.2. The molecule has 0 bridgehead atoms. The van der Waals surface area contributed by atoms with E-state index in [4.69, 9.17) is 9.98 Å². The van der Waals surface area contributed by atoms with Gasteiger partial charge in [0, 0.05) is 38.3 Å². The van der Waals surface area contributed by atoms with E-state index in [1.807, 2.05) is 139 Å². The highest BCUT2D eigenvalue weighted by Gasteiger charge is 2.36. The number of carbonyl (C=O) groups excluding carboxylic acids is 2. The predicted molar refractivity (Wildman–Crippen MR) is 229 cm³/mol. The van der Waals surface area contributed by atoms with Gasteiger partial charge in [-0.2, -0.15) is 0 Å². The molecule has 0 radical (unpaired) electrons. The van der Waals surface area contributed by atoms with Crippen molar-refractivity contribution in [1.29, 1.82) is 0 Å². The van der Waals surface area contributed by atoms with Crippen molar-refractivity contribution in [3.05, 3.63) is 151 Å². The van der Waals surface area contributed by atoms with Crippen molar-refractivity contribution in [2.75, 3.05) is 22.9 Å². The number of hydrogen-bond donors (Lipinski definition) is 0. The number of nitrogens with zero attached hydrogens (tertiary/aromatic N) is 8. The Morgan fingerprint density at radius 1 is 0.483 bits per heavy atom. The van der Waals surface area contributed by atoms with Gasteiger partial charge in [-0.15, -0.1) is 0 Å². The minimum absolute atomic E-state index is 0.222. The molecule has 294 valence electrons. The number of hydrogen-bond acceptors (Lipinski definition) is 6. The average Bonchev–Trinajstić information content (AvgIpc) is 3.79. The Balaban J connectivity index is 0.957. The van der Waals surface area contributed by atoms with Crippen molar-refractivity contribution in [2.45, 2.75) is 53.4 Å². The van der Waals surface area contributed by atoms with Gasteiger partial charge in [0.05, 0.1) is 34.1 Å². The average molecular weight is 775 g/mol. The maximum Gasteiger partial charge on any atom is 0.297 e. The van der Waals surface area contributed by atoms with E-state index >= 15 is 0 Å². The highest BCUT2D eigenvalue weighted by Crippen LogP contribution is 2.34. The summed E-state index contributed by atoms with van der Waals surface area (Å²) in [4.78, 5) is 68.5. The molecule has 8 rings (SSSR count). The second-order valence-corrected chi connectivity index (χ2v) is 15.1. The summed E-state index contributed by atoms with van der Waals surface area (Å²) in [5, 5.41) is 0. The van der Waals surface area contributed by atoms with E-state index in [-0.39, 0.29) is 45.7 Å². The quantitative estimate of drug-likeness (QED) is 0.131. The third-order valence-corrected chi connectivity index (χ3v) is 11.3. The van der Waals surface area contributed by atoms with Crippen molar-refractivity contribution >= 4 is 46.0 Å². The van der Waals surface area contributed by atoms with Crippen LogP contribution in [0.25, 0.3) is 11.4 Å². The zero-order valence-corrected chi connectivity index (χ0v) is 33.7. The molecule has 0 N–H and O–H groups in total. The Bertz CT molecular complexity index is 2590. The normalized spacial score (nSPS) is 15.0. The Labute approximate surface area is 336 Å². The summed E-state index contributed by atoms with van der Waals surface area (Å²) in [5.41, 5.74) is 8.25. The fourth-order valence-corrected chi connectivity index (χ4v) is 8.00. The van der Waals surface area contributed by atoms with Crippen molar-refractivity contribution in [2.24, 2.45) is 24.1 Å². The Morgan fingerprint density at radius 3 is 1.24 bits per heavy atom. The third kappa shape index (κ3) is 6.53. The second kappa shape index (κ2) is 15.3. The number of para-hydroxylation sites is 2. The van der Waals surface area contributed by atoms with Gasteiger partial charge in [-0.05, 0) is 89.1 Å². The zero-order chi connectivity index (χ0) is 40.8. The van der Waals surface area contributed by atoms with Gasteiger partial charge < -0.3 is 9.80 Å². The maximum absolute atomic E-state index is 14.0. The number of rotatable bonds is 11. The minimum atomic E-state index is -0.284. The van der Waals surface area contributed by atoms with E-state index in [1.165, 1.54) is 0 Å². The van der Waals surface area contributed by atoms with Crippen LogP contribution in [0, 0.1) is 27.7 Å². The van der Waals surface area contributed by atoms with Crippen LogP contribution in [0.3, 0.4) is 0 Å². The summed E-state index contributed by atoms with van der Waals surface area (Å²) >= 11 is 0. The lowest BCUT2D eigenvalue weighted by Gasteiger charge is -2.18. The molecule has 0 atom stereocenters. The van der Waals surface area contributed by atoms with E-state index in [1.54, 1.807) is 28.5 Å². The van der Waals surface area contributed by atoms with Crippen LogP contribution in [0.2, 0.25) is 0 Å². The molecule has 0 fully saturated rings. The molecule has 58 heavy (non-hydrogen) atoms. The summed E-state index contributed by atoms with van der Waals surface area (Å²) in [5.74, 6) is -0.444. The van der Waals surface area contributed by atoms with Gasteiger partial charge in [0.25, 0.3) is 22.9 Å². The van der Waals surface area contributed by atoms with Crippen molar-refractivity contribution in [3.8, 4) is 11.4 Å². The number of carbonyl (C=O) groups is 2. The Hall–Kier alpha value is -6.82. The monoisotopic (exact) mass is 774 g/mol. The molecule has 0 spiro atoms. The Morgan fingerprint density at radius 2 is 0.862 bits per heavy atom. The molecule has 2 amide bonds. The summed E-state index contributed by atoms with van der Waals surface area (Å²) in [6, 6.07) is 30.6. The Kier molecular flexibility index (Phi) is 10.0. The maximum atomic E-state index is 14.0. The van der Waals surface area contributed by atoms with Gasteiger partial charge in [-0.1, -0.05) is 72.5 Å². The molecule has 2 aromatic heterocycles. The highest BCUT2D eigenvalue weighted by molar-refractivity contribution is 6.55. The molecule has 0 saturated carbocycles. The first-order valence-corrected chi connectivity index (χ1v) is 19.7. The van der Waals surface area contributed by atoms with Crippen molar-refractivity contribution in [1.82, 2.24) is 18.7 Å². The van der Waals surface area contributed by atoms with Crippen LogP contribution in [0.4, 0.5) is 22.7 Å². The lowest BCUT2D eigenvalue weighted by atomic mass is 10.1. The second-order valence-electron chi connectivity index (χ2n) is 15.1. The smallest absolute Gasteiger partial charge is 0.297 e. The van der Waals surface area contributed by atoms with Crippen LogP contribution in [-0.4, -0.2) is 55.1 Å². The first-order chi connectivity index (χ1) is 28.0. The molecule has 4 aromatic carbocycles. The zero-order valence-electron chi connectivity index (χ0n) is 33.7. The van der Waals surface area contributed by atoms with Crippen LogP contribution in [0.15, 0.2) is 117 Å². The lowest BCUT2D eigenvalue weighted by Crippen LogP contribution is -2.31. The lowest BCUT2D eigenvalue weighted by molar-refractivity contribution is -0.113. The van der Waals surface area contributed by atoms with Gasteiger partial charge in [-0.25, -0.2) is 19.3 Å².